The molecule has 0 heterocycles. The summed E-state index contributed by atoms with van der Waals surface area (Å²) in [7, 11) is 0. The van der Waals surface area contributed by atoms with Crippen molar-refractivity contribution in [3.63, 3.8) is 0 Å². The van der Waals surface area contributed by atoms with Gasteiger partial charge in [-0.2, -0.15) is 0 Å². The number of carbonyl (C=O) groups excluding carboxylic acids is 1. The van der Waals surface area contributed by atoms with Crippen LogP contribution in [0.5, 0.6) is 0 Å². The van der Waals surface area contributed by atoms with E-state index in [9.17, 15) is 4.79 Å². The van der Waals surface area contributed by atoms with Crippen LogP contribution in [0.1, 0.15) is 18.1 Å². The molecule has 0 aliphatic carbocycles. The third-order valence-electron chi connectivity index (χ3n) is 3.00. The predicted molar refractivity (Wildman–Crippen MR) is 68.2 cm³/mol. The summed E-state index contributed by atoms with van der Waals surface area (Å²) in [6.45, 7) is 1.97. The van der Waals surface area contributed by atoms with Crippen molar-refractivity contribution >= 4 is 6.41 Å². The van der Waals surface area contributed by atoms with Crippen molar-refractivity contribution in [2.45, 2.75) is 12.5 Å². The van der Waals surface area contributed by atoms with Crippen LogP contribution in [0.3, 0.4) is 0 Å². The molecular formula is C15H14NO. The number of nitrogens with one attached hydrogen (secondary N) is 1. The van der Waals surface area contributed by atoms with E-state index in [4.69, 9.17) is 0 Å². The summed E-state index contributed by atoms with van der Waals surface area (Å²) in [6.07, 6.45) is 1.81. The molecule has 0 aliphatic rings. The van der Waals surface area contributed by atoms with Crippen molar-refractivity contribution in [2.75, 3.05) is 0 Å². The highest BCUT2D eigenvalue weighted by molar-refractivity contribution is 5.53. The van der Waals surface area contributed by atoms with Crippen LogP contribution in [0.25, 0.3) is 0 Å². The summed E-state index contributed by atoms with van der Waals surface area (Å²) in [4.78, 5) is 10.7. The molecule has 2 nitrogen and oxygen atoms in total. The maximum atomic E-state index is 10.7. The van der Waals surface area contributed by atoms with Crippen LogP contribution >= 0.6 is 0 Å². The number of hydrogen-bond donors (Lipinski definition) is 1. The number of amides is 1. The first-order valence-electron chi connectivity index (χ1n) is 5.53. The maximum absolute atomic E-state index is 10.7. The van der Waals surface area contributed by atoms with Gasteiger partial charge in [-0.25, -0.2) is 0 Å². The van der Waals surface area contributed by atoms with Crippen LogP contribution in [-0.2, 0) is 10.3 Å². The first-order chi connectivity index (χ1) is 8.27. The summed E-state index contributed by atoms with van der Waals surface area (Å²) in [6, 6.07) is 19.8. The SMILES string of the molecule is CC(N[C]=O)(c1ccccc1)c1ccccc1. The van der Waals surface area contributed by atoms with Gasteiger partial charge in [0.25, 0.3) is 0 Å². The fourth-order valence-corrected chi connectivity index (χ4v) is 1.96. The van der Waals surface area contributed by atoms with E-state index in [2.05, 4.69) is 5.32 Å². The molecule has 2 heteroatoms. The Balaban J connectivity index is 2.50. The van der Waals surface area contributed by atoms with E-state index in [0.29, 0.717) is 0 Å². The Morgan fingerprint density at radius 2 is 1.29 bits per heavy atom. The van der Waals surface area contributed by atoms with Crippen molar-refractivity contribution in [2.24, 2.45) is 0 Å². The smallest absolute Gasteiger partial charge is 0.310 e. The van der Waals surface area contributed by atoms with Crippen molar-refractivity contribution in [1.82, 2.24) is 5.32 Å². The van der Waals surface area contributed by atoms with E-state index in [1.807, 2.05) is 67.6 Å². The summed E-state index contributed by atoms with van der Waals surface area (Å²) < 4.78 is 0. The molecule has 1 radical (unpaired) electrons. The molecule has 0 fully saturated rings. The third-order valence-corrected chi connectivity index (χ3v) is 3.00. The second kappa shape index (κ2) is 4.83. The minimum atomic E-state index is -0.537. The Morgan fingerprint density at radius 3 is 1.65 bits per heavy atom. The molecule has 1 amide bonds. The molecule has 0 aromatic heterocycles. The zero-order valence-corrected chi connectivity index (χ0v) is 9.68. The quantitative estimate of drug-likeness (QED) is 0.795. The fourth-order valence-electron chi connectivity index (χ4n) is 1.96. The summed E-state index contributed by atoms with van der Waals surface area (Å²) in [5, 5.41) is 2.79. The van der Waals surface area contributed by atoms with Gasteiger partial charge in [0.15, 0.2) is 0 Å². The van der Waals surface area contributed by atoms with Gasteiger partial charge in [0, 0.05) is 0 Å². The molecule has 17 heavy (non-hydrogen) atoms. The Kier molecular flexibility index (Phi) is 3.24. The van der Waals surface area contributed by atoms with E-state index >= 15 is 0 Å². The van der Waals surface area contributed by atoms with Crippen molar-refractivity contribution in [3.8, 4) is 0 Å². The molecule has 0 saturated heterocycles. The minimum absolute atomic E-state index is 0.537. The minimum Gasteiger partial charge on any atom is -0.334 e. The van der Waals surface area contributed by atoms with E-state index in [-0.39, 0.29) is 0 Å². The molecule has 2 aromatic carbocycles. The zero-order valence-electron chi connectivity index (χ0n) is 9.68. The largest absolute Gasteiger partial charge is 0.334 e. The molecule has 0 atom stereocenters. The summed E-state index contributed by atoms with van der Waals surface area (Å²) in [5.41, 5.74) is 1.54. The first kappa shape index (κ1) is 11.4. The summed E-state index contributed by atoms with van der Waals surface area (Å²) >= 11 is 0. The van der Waals surface area contributed by atoms with Crippen LogP contribution in [0, 0.1) is 0 Å². The van der Waals surface area contributed by atoms with E-state index in [0.717, 1.165) is 11.1 Å². The van der Waals surface area contributed by atoms with E-state index in [1.54, 1.807) is 6.41 Å². The number of hydrogen-bond acceptors (Lipinski definition) is 1. The van der Waals surface area contributed by atoms with Gasteiger partial charge in [0.2, 0.25) is 0 Å². The molecule has 0 aliphatic heterocycles. The molecule has 0 unspecified atom stereocenters. The van der Waals surface area contributed by atoms with Gasteiger partial charge in [0.1, 0.15) is 0 Å². The summed E-state index contributed by atoms with van der Waals surface area (Å²) in [5.74, 6) is 0. The molecule has 2 rings (SSSR count). The Hall–Kier alpha value is -2.09. The molecule has 2 aromatic rings. The van der Waals surface area contributed by atoms with Gasteiger partial charge in [-0.15, -0.1) is 0 Å². The van der Waals surface area contributed by atoms with Crippen molar-refractivity contribution in [1.29, 1.82) is 0 Å². The highest BCUT2D eigenvalue weighted by Crippen LogP contribution is 2.28. The normalized spacial score (nSPS) is 10.9. The maximum Gasteiger partial charge on any atom is 0.310 e. The fraction of sp³-hybridized carbons (Fsp3) is 0.133. The lowest BCUT2D eigenvalue weighted by Gasteiger charge is -2.29. The predicted octanol–water partition coefficient (Wildman–Crippen LogP) is 2.61. The lowest BCUT2D eigenvalue weighted by atomic mass is 9.85. The molecule has 1 N–H and O–H groups in total. The van der Waals surface area contributed by atoms with Gasteiger partial charge in [-0.1, -0.05) is 60.7 Å². The van der Waals surface area contributed by atoms with Gasteiger partial charge in [0.05, 0.1) is 5.54 Å². The van der Waals surface area contributed by atoms with Crippen molar-refractivity contribution in [3.05, 3.63) is 71.8 Å². The Bertz CT molecular complexity index is 439. The van der Waals surface area contributed by atoms with Gasteiger partial charge >= 0.3 is 6.41 Å². The number of benzene rings is 2. The highest BCUT2D eigenvalue weighted by atomic mass is 16.1. The molecule has 0 saturated carbocycles. The van der Waals surface area contributed by atoms with Gasteiger partial charge in [-0.05, 0) is 18.1 Å². The van der Waals surface area contributed by atoms with Gasteiger partial charge < -0.3 is 5.32 Å². The lowest BCUT2D eigenvalue weighted by Crippen LogP contribution is -2.39. The molecule has 0 spiro atoms. The molecular weight excluding hydrogens is 210 g/mol. The van der Waals surface area contributed by atoms with E-state index in [1.165, 1.54) is 0 Å². The molecule has 0 bridgehead atoms. The van der Waals surface area contributed by atoms with Crippen LogP contribution < -0.4 is 5.32 Å². The van der Waals surface area contributed by atoms with E-state index < -0.39 is 5.54 Å². The standard InChI is InChI=1S/C15H14NO/c1-15(16-12-17,13-8-4-2-5-9-13)14-10-6-3-7-11-14/h2-11H,1H3,(H,16,17). The van der Waals surface area contributed by atoms with Gasteiger partial charge in [-0.3, -0.25) is 4.79 Å². The Labute approximate surface area is 101 Å². The second-order valence-electron chi connectivity index (χ2n) is 4.08. The average Bonchev–Trinajstić information content (AvgIpc) is 2.41. The zero-order chi connectivity index (χ0) is 12.1. The third kappa shape index (κ3) is 2.21. The first-order valence-corrected chi connectivity index (χ1v) is 5.53. The average molecular weight is 224 g/mol. The second-order valence-corrected chi connectivity index (χ2v) is 4.08. The molecule has 85 valence electrons. The monoisotopic (exact) mass is 224 g/mol. The highest BCUT2D eigenvalue weighted by Gasteiger charge is 2.27. The topological polar surface area (TPSA) is 29.1 Å². The Morgan fingerprint density at radius 1 is 0.882 bits per heavy atom. The number of rotatable bonds is 4. The lowest BCUT2D eigenvalue weighted by molar-refractivity contribution is 0.478. The van der Waals surface area contributed by atoms with Crippen LogP contribution in [0.2, 0.25) is 0 Å². The van der Waals surface area contributed by atoms with Crippen LogP contribution in [0.4, 0.5) is 0 Å². The van der Waals surface area contributed by atoms with Crippen LogP contribution in [0.15, 0.2) is 60.7 Å². The van der Waals surface area contributed by atoms with Crippen LogP contribution in [-0.4, -0.2) is 6.41 Å². The van der Waals surface area contributed by atoms with Crippen molar-refractivity contribution < 1.29 is 4.79 Å².